The van der Waals surface area contributed by atoms with Crippen molar-refractivity contribution in [2.75, 3.05) is 26.2 Å². The maximum Gasteiger partial charge on any atom is 0.276 e. The summed E-state index contributed by atoms with van der Waals surface area (Å²) in [6.07, 6.45) is 5.29. The summed E-state index contributed by atoms with van der Waals surface area (Å²) in [6.45, 7) is 7.91. The lowest BCUT2D eigenvalue weighted by Crippen LogP contribution is -2.32. The molecule has 1 atom stereocenters. The van der Waals surface area contributed by atoms with Crippen molar-refractivity contribution in [2.45, 2.75) is 52.0 Å². The first-order valence-electron chi connectivity index (χ1n) is 10.5. The first kappa shape index (κ1) is 19.1. The smallest absolute Gasteiger partial charge is 0.276 e. The van der Waals surface area contributed by atoms with Crippen molar-refractivity contribution < 1.29 is 4.79 Å². The van der Waals surface area contributed by atoms with Gasteiger partial charge in [0.25, 0.3) is 5.91 Å². The van der Waals surface area contributed by atoms with Crippen molar-refractivity contribution in [1.82, 2.24) is 25.2 Å². The van der Waals surface area contributed by atoms with Gasteiger partial charge in [-0.3, -0.25) is 4.79 Å². The molecule has 2 aliphatic heterocycles. The lowest BCUT2D eigenvalue weighted by molar-refractivity contribution is 0.0767. The van der Waals surface area contributed by atoms with Gasteiger partial charge >= 0.3 is 0 Å². The number of hydrogen-bond donors (Lipinski definition) is 1. The van der Waals surface area contributed by atoms with Gasteiger partial charge in [-0.05, 0) is 63.1 Å². The van der Waals surface area contributed by atoms with Gasteiger partial charge in [-0.2, -0.15) is 0 Å². The number of piperidine rings is 1. The van der Waals surface area contributed by atoms with Gasteiger partial charge in [-0.1, -0.05) is 42.5 Å². The molecule has 1 aromatic heterocycles. The number of rotatable bonds is 5. The van der Waals surface area contributed by atoms with Crippen LogP contribution >= 0.6 is 0 Å². The number of carbonyl (C=O) groups excluding carboxylic acids is 1. The number of likely N-dealkylation sites (tertiary alicyclic amines) is 1. The first-order valence-corrected chi connectivity index (χ1v) is 10.5. The van der Waals surface area contributed by atoms with E-state index < -0.39 is 0 Å². The Morgan fingerprint density at radius 3 is 2.75 bits per heavy atom. The van der Waals surface area contributed by atoms with Crippen LogP contribution in [0.2, 0.25) is 0 Å². The summed E-state index contributed by atoms with van der Waals surface area (Å²) in [5.74, 6) is 0.0427. The molecule has 6 nitrogen and oxygen atoms in total. The molecule has 0 radical (unpaired) electrons. The Labute approximate surface area is 167 Å². The fourth-order valence-electron chi connectivity index (χ4n) is 4.58. The van der Waals surface area contributed by atoms with E-state index in [1.165, 1.54) is 5.56 Å². The molecule has 0 aliphatic carbocycles. The van der Waals surface area contributed by atoms with Gasteiger partial charge in [0.1, 0.15) is 0 Å². The molecule has 2 aromatic rings. The van der Waals surface area contributed by atoms with Crippen molar-refractivity contribution in [3.05, 3.63) is 47.3 Å². The van der Waals surface area contributed by atoms with E-state index in [0.29, 0.717) is 11.7 Å². The van der Waals surface area contributed by atoms with Crippen LogP contribution < -0.4 is 5.32 Å². The molecule has 150 valence electrons. The molecule has 2 aliphatic rings. The van der Waals surface area contributed by atoms with Crippen molar-refractivity contribution in [1.29, 1.82) is 0 Å². The standard InChI is InChI=1S/C22H31N5O/c1-17-20(24-25-27(17)19-9-13-23-14-10-19)21(28)26-15-12-22(2,16-26)11-8-18-6-4-3-5-7-18/h3-7,19,23H,8-16H2,1-2H3. The summed E-state index contributed by atoms with van der Waals surface area (Å²) in [6, 6.07) is 11.0. The van der Waals surface area contributed by atoms with Gasteiger partial charge in [0.15, 0.2) is 5.69 Å². The Balaban J connectivity index is 1.40. The Kier molecular flexibility index (Phi) is 5.49. The number of carbonyl (C=O) groups is 1. The van der Waals surface area contributed by atoms with Crippen molar-refractivity contribution >= 4 is 5.91 Å². The molecule has 6 heteroatoms. The molecule has 1 unspecified atom stereocenters. The van der Waals surface area contributed by atoms with Crippen molar-refractivity contribution in [3.63, 3.8) is 0 Å². The van der Waals surface area contributed by atoms with E-state index in [2.05, 4.69) is 52.9 Å². The highest BCUT2D eigenvalue weighted by Gasteiger charge is 2.37. The van der Waals surface area contributed by atoms with Gasteiger partial charge in [-0.15, -0.1) is 5.10 Å². The number of nitrogens with one attached hydrogen (secondary N) is 1. The molecule has 1 amide bonds. The van der Waals surface area contributed by atoms with Gasteiger partial charge in [-0.25, -0.2) is 4.68 Å². The highest BCUT2D eigenvalue weighted by Crippen LogP contribution is 2.35. The van der Waals surface area contributed by atoms with E-state index in [0.717, 1.165) is 64.0 Å². The highest BCUT2D eigenvalue weighted by molar-refractivity contribution is 5.93. The predicted octanol–water partition coefficient (Wildman–Crippen LogP) is 3.00. The van der Waals surface area contributed by atoms with E-state index in [9.17, 15) is 4.79 Å². The third kappa shape index (κ3) is 3.97. The minimum absolute atomic E-state index is 0.0427. The maximum absolute atomic E-state index is 13.1. The average Bonchev–Trinajstić information content (AvgIpc) is 3.31. The molecule has 2 fully saturated rings. The molecule has 0 bridgehead atoms. The van der Waals surface area contributed by atoms with Gasteiger partial charge in [0.2, 0.25) is 0 Å². The fourth-order valence-corrected chi connectivity index (χ4v) is 4.58. The van der Waals surface area contributed by atoms with Crippen LogP contribution in [0.15, 0.2) is 30.3 Å². The zero-order chi connectivity index (χ0) is 19.6. The number of aromatic nitrogens is 3. The third-order valence-electron chi connectivity index (χ3n) is 6.49. The lowest BCUT2D eigenvalue weighted by atomic mass is 9.83. The van der Waals surface area contributed by atoms with Gasteiger partial charge < -0.3 is 10.2 Å². The molecule has 4 rings (SSSR count). The summed E-state index contributed by atoms with van der Waals surface area (Å²) >= 11 is 0. The highest BCUT2D eigenvalue weighted by atomic mass is 16.2. The molecule has 28 heavy (non-hydrogen) atoms. The normalized spacial score (nSPS) is 23.3. The summed E-state index contributed by atoms with van der Waals surface area (Å²) in [4.78, 5) is 15.1. The molecule has 0 saturated carbocycles. The Bertz CT molecular complexity index is 812. The van der Waals surface area contributed by atoms with Crippen LogP contribution in [0, 0.1) is 12.3 Å². The van der Waals surface area contributed by atoms with Crippen LogP contribution in [-0.2, 0) is 6.42 Å². The molecular formula is C22H31N5O. The number of benzene rings is 1. The average molecular weight is 382 g/mol. The summed E-state index contributed by atoms with van der Waals surface area (Å²) < 4.78 is 1.97. The van der Waals surface area contributed by atoms with Crippen molar-refractivity contribution in [3.8, 4) is 0 Å². The molecule has 2 saturated heterocycles. The van der Waals surface area contributed by atoms with E-state index >= 15 is 0 Å². The molecule has 3 heterocycles. The quantitative estimate of drug-likeness (QED) is 0.865. The maximum atomic E-state index is 13.1. The third-order valence-corrected chi connectivity index (χ3v) is 6.49. The van der Waals surface area contributed by atoms with E-state index in [1.807, 2.05) is 16.5 Å². The zero-order valence-corrected chi connectivity index (χ0v) is 17.0. The number of aryl methyl sites for hydroxylation is 1. The van der Waals surface area contributed by atoms with Crippen LogP contribution in [0.1, 0.15) is 60.4 Å². The Morgan fingerprint density at radius 2 is 2.00 bits per heavy atom. The Morgan fingerprint density at radius 1 is 1.25 bits per heavy atom. The van der Waals surface area contributed by atoms with Crippen molar-refractivity contribution in [2.24, 2.45) is 5.41 Å². The van der Waals surface area contributed by atoms with Crippen LogP contribution in [-0.4, -0.2) is 52.0 Å². The monoisotopic (exact) mass is 381 g/mol. The summed E-state index contributed by atoms with van der Waals surface area (Å²) in [5, 5.41) is 12.0. The SMILES string of the molecule is Cc1c(C(=O)N2CCC(C)(CCc3ccccc3)C2)nnn1C1CCNCC1. The first-order chi connectivity index (χ1) is 13.6. The topological polar surface area (TPSA) is 63.1 Å². The predicted molar refractivity (Wildman–Crippen MR) is 109 cm³/mol. The summed E-state index contributed by atoms with van der Waals surface area (Å²) in [7, 11) is 0. The second kappa shape index (κ2) is 8.03. The Hall–Kier alpha value is -2.21. The second-order valence-electron chi connectivity index (χ2n) is 8.72. The molecular weight excluding hydrogens is 350 g/mol. The van der Waals surface area contributed by atoms with Crippen LogP contribution in [0.5, 0.6) is 0 Å². The molecule has 1 aromatic carbocycles. The minimum Gasteiger partial charge on any atom is -0.337 e. The van der Waals surface area contributed by atoms with Crippen LogP contribution in [0.4, 0.5) is 0 Å². The van der Waals surface area contributed by atoms with Crippen LogP contribution in [0.3, 0.4) is 0 Å². The zero-order valence-electron chi connectivity index (χ0n) is 17.0. The van der Waals surface area contributed by atoms with Gasteiger partial charge in [0.05, 0.1) is 11.7 Å². The molecule has 1 N–H and O–H groups in total. The molecule has 0 spiro atoms. The van der Waals surface area contributed by atoms with E-state index in [1.54, 1.807) is 0 Å². The number of nitrogens with zero attached hydrogens (tertiary/aromatic N) is 4. The fraction of sp³-hybridized carbons (Fsp3) is 0.591. The number of hydrogen-bond acceptors (Lipinski definition) is 4. The summed E-state index contributed by atoms with van der Waals surface area (Å²) in [5.41, 5.74) is 2.99. The van der Waals surface area contributed by atoms with Crippen LogP contribution in [0.25, 0.3) is 0 Å². The lowest BCUT2D eigenvalue weighted by Gasteiger charge is -2.25. The van der Waals surface area contributed by atoms with Gasteiger partial charge in [0, 0.05) is 13.1 Å². The minimum atomic E-state index is 0.0427. The second-order valence-corrected chi connectivity index (χ2v) is 8.72. The largest absolute Gasteiger partial charge is 0.337 e. The van der Waals surface area contributed by atoms with E-state index in [4.69, 9.17) is 0 Å². The number of amides is 1. The van der Waals surface area contributed by atoms with E-state index in [-0.39, 0.29) is 11.3 Å².